The first-order chi connectivity index (χ1) is 16.1. The smallest absolute Gasteiger partial charge is 0.266 e. The molecule has 5 rings (SSSR count). The van der Waals surface area contributed by atoms with E-state index < -0.39 is 0 Å². The quantitative estimate of drug-likeness (QED) is 0.294. The number of pyridine rings is 1. The Morgan fingerprint density at radius 1 is 0.970 bits per heavy atom. The highest BCUT2D eigenvalue weighted by molar-refractivity contribution is 7.98. The second kappa shape index (κ2) is 8.55. The maximum atomic E-state index is 13.5. The molecule has 0 bridgehead atoms. The Bertz CT molecular complexity index is 1620. The van der Waals surface area contributed by atoms with Crippen LogP contribution in [0.1, 0.15) is 11.3 Å². The standard InChI is InChI=1S/C25H20N4O3S/c1-16-8-7-13-28-22(30)14-17(26-23(16)28)15-33-25-27-19-10-4-3-9-18(19)24(31)29(25)20-11-5-6-12-21(20)32-2/h3-14H,15H2,1-2H3. The van der Waals surface area contributed by atoms with Crippen molar-refractivity contribution in [1.29, 1.82) is 0 Å². The molecule has 3 heterocycles. The van der Waals surface area contributed by atoms with Gasteiger partial charge in [0.25, 0.3) is 11.1 Å². The lowest BCUT2D eigenvalue weighted by molar-refractivity contribution is 0.411. The van der Waals surface area contributed by atoms with Gasteiger partial charge in [-0.3, -0.25) is 18.6 Å². The Morgan fingerprint density at radius 2 is 1.76 bits per heavy atom. The van der Waals surface area contributed by atoms with Gasteiger partial charge in [-0.1, -0.05) is 42.1 Å². The normalized spacial score (nSPS) is 11.2. The Morgan fingerprint density at radius 3 is 2.61 bits per heavy atom. The molecule has 5 aromatic rings. The van der Waals surface area contributed by atoms with Gasteiger partial charge in [0.1, 0.15) is 11.4 Å². The summed E-state index contributed by atoms with van der Waals surface area (Å²) in [5.74, 6) is 0.941. The second-order valence-electron chi connectivity index (χ2n) is 7.48. The Balaban J connectivity index is 1.64. The molecule has 0 saturated carbocycles. The number of fused-ring (bicyclic) bond motifs is 2. The van der Waals surface area contributed by atoms with Crippen molar-refractivity contribution in [3.63, 3.8) is 0 Å². The molecule has 0 radical (unpaired) electrons. The largest absolute Gasteiger partial charge is 0.495 e. The first kappa shape index (κ1) is 21.0. The lowest BCUT2D eigenvalue weighted by atomic mass is 10.2. The van der Waals surface area contributed by atoms with Crippen LogP contribution in [0.5, 0.6) is 5.75 Å². The molecule has 0 amide bonds. The van der Waals surface area contributed by atoms with E-state index in [0.29, 0.717) is 44.6 Å². The van der Waals surface area contributed by atoms with Crippen LogP contribution in [-0.4, -0.2) is 26.0 Å². The van der Waals surface area contributed by atoms with Crippen molar-refractivity contribution in [3.8, 4) is 11.4 Å². The monoisotopic (exact) mass is 456 g/mol. The van der Waals surface area contributed by atoms with Crippen LogP contribution in [0.2, 0.25) is 0 Å². The highest BCUT2D eigenvalue weighted by Crippen LogP contribution is 2.28. The van der Waals surface area contributed by atoms with Crippen LogP contribution in [0.4, 0.5) is 0 Å². The molecule has 0 aliphatic carbocycles. The highest BCUT2D eigenvalue weighted by atomic mass is 32.2. The maximum absolute atomic E-state index is 13.5. The van der Waals surface area contributed by atoms with Crippen LogP contribution < -0.4 is 15.9 Å². The van der Waals surface area contributed by atoms with Crippen LogP contribution >= 0.6 is 11.8 Å². The number of ether oxygens (including phenoxy) is 1. The van der Waals surface area contributed by atoms with Crippen molar-refractivity contribution in [3.05, 3.63) is 105 Å². The molecule has 0 spiro atoms. The van der Waals surface area contributed by atoms with Gasteiger partial charge in [0.05, 0.1) is 29.4 Å². The molecule has 0 atom stereocenters. The molecule has 0 aliphatic heterocycles. The first-order valence-electron chi connectivity index (χ1n) is 10.3. The van der Waals surface area contributed by atoms with Gasteiger partial charge < -0.3 is 4.74 Å². The van der Waals surface area contributed by atoms with Gasteiger partial charge in [-0.05, 0) is 42.8 Å². The number of aromatic nitrogens is 4. The van der Waals surface area contributed by atoms with E-state index in [9.17, 15) is 9.59 Å². The van der Waals surface area contributed by atoms with Crippen LogP contribution in [0.25, 0.3) is 22.2 Å². The molecule has 0 saturated heterocycles. The molecule has 2 aromatic carbocycles. The van der Waals surface area contributed by atoms with Crippen molar-refractivity contribution in [2.24, 2.45) is 0 Å². The van der Waals surface area contributed by atoms with E-state index in [1.54, 1.807) is 30.0 Å². The summed E-state index contributed by atoms with van der Waals surface area (Å²) in [5, 5.41) is 1.01. The topological polar surface area (TPSA) is 78.5 Å². The van der Waals surface area contributed by atoms with Gasteiger partial charge >= 0.3 is 0 Å². The minimum Gasteiger partial charge on any atom is -0.495 e. The lowest BCUT2D eigenvalue weighted by Crippen LogP contribution is -2.22. The fourth-order valence-electron chi connectivity index (χ4n) is 3.76. The van der Waals surface area contributed by atoms with Crippen molar-refractivity contribution in [2.45, 2.75) is 17.8 Å². The van der Waals surface area contributed by atoms with Crippen molar-refractivity contribution < 1.29 is 4.74 Å². The zero-order chi connectivity index (χ0) is 22.9. The molecular formula is C25H20N4O3S. The van der Waals surface area contributed by atoms with Crippen LogP contribution in [0, 0.1) is 6.92 Å². The van der Waals surface area contributed by atoms with Crippen molar-refractivity contribution >= 4 is 28.3 Å². The van der Waals surface area contributed by atoms with E-state index in [-0.39, 0.29) is 11.1 Å². The van der Waals surface area contributed by atoms with Crippen LogP contribution in [-0.2, 0) is 5.75 Å². The van der Waals surface area contributed by atoms with Crippen molar-refractivity contribution in [2.75, 3.05) is 7.11 Å². The third-order valence-corrected chi connectivity index (χ3v) is 6.33. The number of thioether (sulfide) groups is 1. The van der Waals surface area contributed by atoms with E-state index in [0.717, 1.165) is 5.56 Å². The summed E-state index contributed by atoms with van der Waals surface area (Å²) in [6, 6.07) is 19.8. The van der Waals surface area contributed by atoms with Gasteiger partial charge in [-0.15, -0.1) is 0 Å². The predicted octanol–water partition coefficient (Wildman–Crippen LogP) is 4.00. The summed E-state index contributed by atoms with van der Waals surface area (Å²) in [6.07, 6.45) is 1.71. The molecule has 33 heavy (non-hydrogen) atoms. The number of aryl methyl sites for hydroxylation is 1. The second-order valence-corrected chi connectivity index (χ2v) is 8.43. The lowest BCUT2D eigenvalue weighted by Gasteiger charge is -2.15. The Hall–Kier alpha value is -3.91. The molecule has 0 fully saturated rings. The molecule has 0 unspecified atom stereocenters. The zero-order valence-electron chi connectivity index (χ0n) is 18.1. The predicted molar refractivity (Wildman–Crippen MR) is 130 cm³/mol. The van der Waals surface area contributed by atoms with Gasteiger partial charge in [-0.25, -0.2) is 9.97 Å². The van der Waals surface area contributed by atoms with Crippen LogP contribution in [0.3, 0.4) is 0 Å². The minimum atomic E-state index is -0.185. The highest BCUT2D eigenvalue weighted by Gasteiger charge is 2.17. The van der Waals surface area contributed by atoms with Gasteiger partial charge in [0.2, 0.25) is 0 Å². The number of benzene rings is 2. The van der Waals surface area contributed by atoms with E-state index in [2.05, 4.69) is 4.98 Å². The Kier molecular flexibility index (Phi) is 5.43. The molecular weight excluding hydrogens is 436 g/mol. The van der Waals surface area contributed by atoms with E-state index >= 15 is 0 Å². The van der Waals surface area contributed by atoms with Gasteiger partial charge in [0, 0.05) is 18.0 Å². The van der Waals surface area contributed by atoms with Crippen molar-refractivity contribution in [1.82, 2.24) is 18.9 Å². The summed E-state index contributed by atoms with van der Waals surface area (Å²) in [6.45, 7) is 1.92. The molecule has 3 aromatic heterocycles. The SMILES string of the molecule is COc1ccccc1-n1c(SCc2cc(=O)n3cccc(C)c3n2)nc2ccccc2c1=O. The zero-order valence-corrected chi connectivity index (χ0v) is 18.9. The molecule has 164 valence electrons. The van der Waals surface area contributed by atoms with E-state index in [4.69, 9.17) is 9.72 Å². The fraction of sp³-hybridized carbons (Fsp3) is 0.120. The van der Waals surface area contributed by atoms with E-state index in [1.807, 2.05) is 55.5 Å². The molecule has 8 heteroatoms. The third-order valence-electron chi connectivity index (χ3n) is 5.36. The molecule has 0 aliphatic rings. The number of hydrogen-bond donors (Lipinski definition) is 0. The summed E-state index contributed by atoms with van der Waals surface area (Å²) in [5.41, 5.74) is 3.04. The first-order valence-corrected chi connectivity index (χ1v) is 11.3. The number of para-hydroxylation sites is 3. The summed E-state index contributed by atoms with van der Waals surface area (Å²) in [7, 11) is 1.57. The number of hydrogen-bond acceptors (Lipinski definition) is 6. The number of nitrogens with zero attached hydrogens (tertiary/aromatic N) is 4. The average Bonchev–Trinajstić information content (AvgIpc) is 2.83. The minimum absolute atomic E-state index is 0.145. The summed E-state index contributed by atoms with van der Waals surface area (Å²) < 4.78 is 8.60. The van der Waals surface area contributed by atoms with Gasteiger partial charge in [-0.2, -0.15) is 0 Å². The fourth-order valence-corrected chi connectivity index (χ4v) is 4.66. The summed E-state index contributed by atoms with van der Waals surface area (Å²) >= 11 is 1.35. The average molecular weight is 457 g/mol. The summed E-state index contributed by atoms with van der Waals surface area (Å²) in [4.78, 5) is 35.5. The molecule has 7 nitrogen and oxygen atoms in total. The van der Waals surface area contributed by atoms with Crippen LogP contribution in [0.15, 0.2) is 87.7 Å². The third kappa shape index (κ3) is 3.78. The van der Waals surface area contributed by atoms with E-state index in [1.165, 1.54) is 22.2 Å². The maximum Gasteiger partial charge on any atom is 0.266 e. The molecule has 0 N–H and O–H groups in total. The van der Waals surface area contributed by atoms with Gasteiger partial charge in [0.15, 0.2) is 5.16 Å². The number of methoxy groups -OCH3 is 1. The Labute approximate surface area is 193 Å². The number of rotatable bonds is 5.